The van der Waals surface area contributed by atoms with Crippen LogP contribution in [0.3, 0.4) is 0 Å². The second-order valence-corrected chi connectivity index (χ2v) is 11.7. The number of carboxylic acids is 1. The summed E-state index contributed by atoms with van der Waals surface area (Å²) in [6, 6.07) is 13.2. The maximum absolute atomic E-state index is 12.0. The largest absolute Gasteiger partial charge is 0.497 e. The number of hydrogen-bond acceptors (Lipinski definition) is 4. The van der Waals surface area contributed by atoms with Crippen molar-refractivity contribution < 1.29 is 14.6 Å². The minimum atomic E-state index is -0.861. The molecule has 1 aliphatic carbocycles. The van der Waals surface area contributed by atoms with Gasteiger partial charge in [0.2, 0.25) is 0 Å². The van der Waals surface area contributed by atoms with Gasteiger partial charge in [0.05, 0.1) is 18.4 Å². The molecule has 2 aliphatic heterocycles. The summed E-state index contributed by atoms with van der Waals surface area (Å²) in [7, 11) is 8.34. The number of benzene rings is 2. The molecule has 3 aliphatic rings. The lowest BCUT2D eigenvalue weighted by molar-refractivity contribution is 0.0697. The molecule has 6 rings (SSSR count). The van der Waals surface area contributed by atoms with Crippen LogP contribution in [0.15, 0.2) is 36.4 Å². The van der Waals surface area contributed by atoms with Crippen molar-refractivity contribution in [2.24, 2.45) is 5.92 Å². The van der Waals surface area contributed by atoms with Gasteiger partial charge >= 0.3 is 5.97 Å². The molecule has 3 aromatic rings. The highest BCUT2D eigenvalue weighted by Crippen LogP contribution is 2.52. The molecule has 6 nitrogen and oxygen atoms in total. The van der Waals surface area contributed by atoms with E-state index in [1.165, 1.54) is 59.9 Å². The first kappa shape index (κ1) is 24.5. The lowest BCUT2D eigenvalue weighted by atomic mass is 9.81. The highest BCUT2D eigenvalue weighted by Gasteiger charge is 2.44. The number of carboxylic acid groups (broad SMARTS) is 1. The third kappa shape index (κ3) is 4.05. The minimum absolute atomic E-state index is 0.298. The zero-order chi connectivity index (χ0) is 25.8. The Morgan fingerprint density at radius 2 is 1.89 bits per heavy atom. The second kappa shape index (κ2) is 9.48. The van der Waals surface area contributed by atoms with Crippen molar-refractivity contribution >= 4 is 16.9 Å². The summed E-state index contributed by atoms with van der Waals surface area (Å²) < 4.78 is 8.23. The molecule has 196 valence electrons. The maximum Gasteiger partial charge on any atom is 0.335 e. The van der Waals surface area contributed by atoms with E-state index >= 15 is 0 Å². The van der Waals surface area contributed by atoms with Gasteiger partial charge in [0.15, 0.2) is 0 Å². The van der Waals surface area contributed by atoms with Gasteiger partial charge in [-0.25, -0.2) is 4.79 Å². The van der Waals surface area contributed by atoms with Gasteiger partial charge in [0.25, 0.3) is 0 Å². The van der Waals surface area contributed by atoms with Gasteiger partial charge in [0.1, 0.15) is 5.75 Å². The van der Waals surface area contributed by atoms with Crippen molar-refractivity contribution in [3.63, 3.8) is 0 Å². The van der Waals surface area contributed by atoms with Crippen molar-refractivity contribution in [2.45, 2.75) is 63.1 Å². The predicted octanol–water partition coefficient (Wildman–Crippen LogP) is 6.00. The highest BCUT2D eigenvalue weighted by molar-refractivity contribution is 5.98. The summed E-state index contributed by atoms with van der Waals surface area (Å²) in [5.41, 5.74) is 6.84. The van der Waals surface area contributed by atoms with E-state index in [2.05, 4.69) is 59.8 Å². The van der Waals surface area contributed by atoms with Gasteiger partial charge in [0, 0.05) is 41.6 Å². The first-order valence-electron chi connectivity index (χ1n) is 13.8. The Kier molecular flexibility index (Phi) is 6.28. The maximum atomic E-state index is 12.0. The topological polar surface area (TPSA) is 57.9 Å². The number of fused-ring (bicyclic) bond motifs is 7. The Hall–Kier alpha value is -2.83. The molecule has 6 heteroatoms. The standard InChI is InChI=1S/C31H39N3O3/c1-32(2)18-22-14-21-17-34-27-15-20(31(35)36)10-12-25(27)28(19-8-6-5-7-9-19)30(34)24-13-11-23(37-4)16-26(24)29(21)33(22)3/h10-13,15-16,19,21-22,29H,5-9,14,17-18H2,1-4H3,(H,35,36)/t21-,22?,29-/m0/s1. The van der Waals surface area contributed by atoms with E-state index in [1.807, 2.05) is 6.07 Å². The Balaban J connectivity index is 1.62. The molecule has 2 fully saturated rings. The molecule has 2 aromatic carbocycles. The molecule has 0 bridgehead atoms. The molecule has 1 N–H and O–H groups in total. The monoisotopic (exact) mass is 501 g/mol. The number of nitrogens with zero attached hydrogens (tertiary/aromatic N) is 3. The van der Waals surface area contributed by atoms with Crippen LogP contribution in [-0.2, 0) is 6.54 Å². The SMILES string of the molecule is COc1ccc2c(c1)[C@@H]1[C@@H](CC(CN(C)C)N1C)Cn1c-2c(C2CCCCC2)c2ccc(C(=O)O)cc21. The molecule has 3 atom stereocenters. The summed E-state index contributed by atoms with van der Waals surface area (Å²) in [6.45, 7) is 1.93. The fourth-order valence-electron chi connectivity index (χ4n) is 7.63. The lowest BCUT2D eigenvalue weighted by Gasteiger charge is -2.30. The predicted molar refractivity (Wildman–Crippen MR) is 148 cm³/mol. The van der Waals surface area contributed by atoms with Gasteiger partial charge < -0.3 is 19.3 Å². The van der Waals surface area contributed by atoms with Gasteiger partial charge in [-0.1, -0.05) is 25.3 Å². The molecule has 0 radical (unpaired) electrons. The number of ether oxygens (including phenoxy) is 1. The zero-order valence-electron chi connectivity index (χ0n) is 22.5. The number of hydrogen-bond donors (Lipinski definition) is 1. The molecule has 0 spiro atoms. The average Bonchev–Trinajstić information content (AvgIpc) is 3.32. The van der Waals surface area contributed by atoms with E-state index in [0.717, 1.165) is 30.8 Å². The van der Waals surface area contributed by atoms with Gasteiger partial charge in [-0.05, 0) is 93.7 Å². The first-order valence-corrected chi connectivity index (χ1v) is 13.8. The number of likely N-dealkylation sites (N-methyl/N-ethyl adjacent to an activating group) is 2. The smallest absolute Gasteiger partial charge is 0.335 e. The summed E-state index contributed by atoms with van der Waals surface area (Å²) in [4.78, 5) is 16.9. The third-order valence-corrected chi connectivity index (χ3v) is 9.23. The van der Waals surface area contributed by atoms with Crippen molar-refractivity contribution in [3.8, 4) is 17.0 Å². The average molecular weight is 502 g/mol. The van der Waals surface area contributed by atoms with E-state index in [0.29, 0.717) is 29.5 Å². The van der Waals surface area contributed by atoms with Crippen LogP contribution in [0.25, 0.3) is 22.2 Å². The Labute approximate surface area is 219 Å². The third-order valence-electron chi connectivity index (χ3n) is 9.23. The molecule has 1 unspecified atom stereocenters. The van der Waals surface area contributed by atoms with Gasteiger partial charge in [-0.15, -0.1) is 0 Å². The summed E-state index contributed by atoms with van der Waals surface area (Å²) >= 11 is 0. The number of rotatable bonds is 5. The van der Waals surface area contributed by atoms with Crippen LogP contribution in [0.2, 0.25) is 0 Å². The minimum Gasteiger partial charge on any atom is -0.497 e. The van der Waals surface area contributed by atoms with Crippen LogP contribution >= 0.6 is 0 Å². The fourth-order valence-corrected chi connectivity index (χ4v) is 7.63. The van der Waals surface area contributed by atoms with E-state index in [1.54, 1.807) is 13.2 Å². The Morgan fingerprint density at radius 3 is 2.59 bits per heavy atom. The molecular formula is C31H39N3O3. The first-order chi connectivity index (χ1) is 17.9. The lowest BCUT2D eigenvalue weighted by Crippen LogP contribution is -2.36. The summed E-state index contributed by atoms with van der Waals surface area (Å²) in [5.74, 6) is 0.986. The van der Waals surface area contributed by atoms with Crippen LogP contribution in [-0.4, -0.2) is 66.3 Å². The van der Waals surface area contributed by atoms with Crippen LogP contribution in [0.4, 0.5) is 0 Å². The summed E-state index contributed by atoms with van der Waals surface area (Å²) in [5, 5.41) is 11.1. The quantitative estimate of drug-likeness (QED) is 0.465. The van der Waals surface area contributed by atoms with Crippen LogP contribution in [0.1, 0.15) is 72.0 Å². The van der Waals surface area contributed by atoms with Crippen molar-refractivity contribution in [1.82, 2.24) is 14.4 Å². The molecule has 1 saturated heterocycles. The molecule has 37 heavy (non-hydrogen) atoms. The van der Waals surface area contributed by atoms with Crippen LogP contribution < -0.4 is 4.74 Å². The van der Waals surface area contributed by atoms with E-state index < -0.39 is 5.97 Å². The van der Waals surface area contributed by atoms with Crippen molar-refractivity contribution in [3.05, 3.63) is 53.1 Å². The van der Waals surface area contributed by atoms with Crippen LogP contribution in [0, 0.1) is 5.92 Å². The molecule has 0 amide bonds. The molecule has 1 aromatic heterocycles. The Morgan fingerprint density at radius 1 is 1.11 bits per heavy atom. The van der Waals surface area contributed by atoms with Gasteiger partial charge in [-0.2, -0.15) is 0 Å². The second-order valence-electron chi connectivity index (χ2n) is 11.7. The van der Waals surface area contributed by atoms with Crippen molar-refractivity contribution in [2.75, 3.05) is 34.8 Å². The van der Waals surface area contributed by atoms with Crippen LogP contribution in [0.5, 0.6) is 5.75 Å². The summed E-state index contributed by atoms with van der Waals surface area (Å²) in [6.07, 6.45) is 7.36. The number of likely N-dealkylation sites (tertiary alicyclic amines) is 1. The number of carbonyl (C=O) groups is 1. The highest BCUT2D eigenvalue weighted by atomic mass is 16.5. The van der Waals surface area contributed by atoms with E-state index in [9.17, 15) is 9.90 Å². The normalized spacial score (nSPS) is 24.1. The molecule has 1 saturated carbocycles. The zero-order valence-corrected chi connectivity index (χ0v) is 22.5. The van der Waals surface area contributed by atoms with E-state index in [4.69, 9.17) is 4.74 Å². The van der Waals surface area contributed by atoms with Crippen molar-refractivity contribution in [1.29, 1.82) is 0 Å². The van der Waals surface area contributed by atoms with E-state index in [-0.39, 0.29) is 0 Å². The molecule has 3 heterocycles. The van der Waals surface area contributed by atoms with Gasteiger partial charge in [-0.3, -0.25) is 4.90 Å². The fraction of sp³-hybridized carbons (Fsp3) is 0.516. The Bertz CT molecular complexity index is 1340. The number of aromatic nitrogens is 1. The number of methoxy groups -OCH3 is 1. The molecular weight excluding hydrogens is 462 g/mol. The number of aromatic carboxylic acids is 1.